The predicted octanol–water partition coefficient (Wildman–Crippen LogP) is 2.58. The molecule has 210 valence electrons. The number of nitrogens with zero attached hydrogens (tertiary/aromatic N) is 1. The number of methoxy groups -OCH3 is 1. The summed E-state index contributed by atoms with van der Waals surface area (Å²) >= 11 is 0.719. The molecule has 0 aliphatic rings. The van der Waals surface area contributed by atoms with E-state index in [9.17, 15) is 37.5 Å². The molecular formula is C25H20F3N3O8S. The Morgan fingerprint density at radius 3 is 2.58 bits per heavy atom. The molecule has 4 rings (SSSR count). The zero-order valence-electron chi connectivity index (χ0n) is 20.6. The molecule has 0 unspecified atom stereocenters. The van der Waals surface area contributed by atoms with Crippen molar-refractivity contribution in [1.82, 2.24) is 14.9 Å². The van der Waals surface area contributed by atoms with Gasteiger partial charge in [0.2, 0.25) is 5.91 Å². The maximum Gasteiger partial charge on any atom is 0.346 e. The van der Waals surface area contributed by atoms with Gasteiger partial charge in [-0.05, 0) is 24.3 Å². The van der Waals surface area contributed by atoms with E-state index in [0.29, 0.717) is 4.57 Å². The number of hydrogen-bond donors (Lipinski definition) is 3. The van der Waals surface area contributed by atoms with Crippen LogP contribution in [0.15, 0.2) is 45.3 Å². The predicted molar refractivity (Wildman–Crippen MR) is 136 cm³/mol. The number of hydrogen-bond acceptors (Lipinski definition) is 8. The molecule has 15 heteroatoms. The van der Waals surface area contributed by atoms with E-state index in [0.717, 1.165) is 35.6 Å². The Morgan fingerprint density at radius 1 is 1.10 bits per heavy atom. The summed E-state index contributed by atoms with van der Waals surface area (Å²) in [5.41, 5.74) is -3.01. The Morgan fingerprint density at radius 2 is 1.85 bits per heavy atom. The number of ether oxygens (including phenoxy) is 3. The van der Waals surface area contributed by atoms with E-state index in [1.54, 1.807) is 0 Å². The van der Waals surface area contributed by atoms with Crippen molar-refractivity contribution in [2.45, 2.75) is 6.61 Å². The van der Waals surface area contributed by atoms with E-state index in [-0.39, 0.29) is 52.6 Å². The quantitative estimate of drug-likeness (QED) is 0.230. The van der Waals surface area contributed by atoms with Crippen molar-refractivity contribution >= 4 is 34.1 Å². The molecule has 40 heavy (non-hydrogen) atoms. The smallest absolute Gasteiger partial charge is 0.346 e. The fourth-order valence-electron chi connectivity index (χ4n) is 3.70. The lowest BCUT2D eigenvalue weighted by molar-refractivity contribution is -0.124. The second-order valence-electron chi connectivity index (χ2n) is 8.10. The molecule has 0 saturated heterocycles. The van der Waals surface area contributed by atoms with Crippen LogP contribution in [0.2, 0.25) is 0 Å². The lowest BCUT2D eigenvalue weighted by Crippen LogP contribution is -2.34. The van der Waals surface area contributed by atoms with E-state index in [2.05, 4.69) is 15.0 Å². The number of aromatic nitrogens is 2. The standard InChI is InChI=1S/C25H20F3N3O8S/c1-37-10-19(32)29-6-7-38-18-5-4-15(27)21(28)13(18)9-39-12-2-3-14(26)17(8-12)31-23(33)20-16(30-25(31)36)11-40-22(20)24(34)35/h2-5,8,11H,6-7,9-10H2,1H3,(H,29,32)(H,30,36)(H,34,35). The number of amides is 1. The van der Waals surface area contributed by atoms with Crippen molar-refractivity contribution < 1.29 is 42.1 Å². The average Bonchev–Trinajstić information content (AvgIpc) is 3.34. The summed E-state index contributed by atoms with van der Waals surface area (Å²) in [5.74, 6) is -5.48. The second-order valence-corrected chi connectivity index (χ2v) is 8.98. The molecule has 0 aliphatic heterocycles. The van der Waals surface area contributed by atoms with E-state index in [1.807, 2.05) is 0 Å². The molecular weight excluding hydrogens is 559 g/mol. The zero-order valence-corrected chi connectivity index (χ0v) is 21.4. The number of carboxylic acid groups (broad SMARTS) is 1. The fraction of sp³-hybridized carbons (Fsp3) is 0.200. The average molecular weight is 580 g/mol. The number of carbonyl (C=O) groups excluding carboxylic acids is 1. The number of rotatable bonds is 11. The number of H-pyrrole nitrogens is 1. The van der Waals surface area contributed by atoms with Crippen LogP contribution in [0.25, 0.3) is 16.6 Å². The highest BCUT2D eigenvalue weighted by molar-refractivity contribution is 7.13. The summed E-state index contributed by atoms with van der Waals surface area (Å²) in [4.78, 5) is 50.6. The van der Waals surface area contributed by atoms with Gasteiger partial charge in [0.1, 0.15) is 42.0 Å². The largest absolute Gasteiger partial charge is 0.491 e. The summed E-state index contributed by atoms with van der Waals surface area (Å²) in [6.07, 6.45) is 0. The Bertz CT molecular complexity index is 1720. The highest BCUT2D eigenvalue weighted by atomic mass is 32.1. The van der Waals surface area contributed by atoms with Gasteiger partial charge in [0, 0.05) is 18.6 Å². The van der Waals surface area contributed by atoms with Crippen molar-refractivity contribution in [2.75, 3.05) is 26.9 Å². The molecule has 2 aromatic carbocycles. The monoisotopic (exact) mass is 579 g/mol. The first-order valence-electron chi connectivity index (χ1n) is 11.4. The van der Waals surface area contributed by atoms with Crippen LogP contribution in [0, 0.1) is 17.5 Å². The number of halogens is 3. The lowest BCUT2D eigenvalue weighted by atomic mass is 10.2. The van der Waals surface area contributed by atoms with E-state index < -0.39 is 52.9 Å². The van der Waals surface area contributed by atoms with Gasteiger partial charge in [-0.3, -0.25) is 9.59 Å². The number of aromatic amines is 1. The van der Waals surface area contributed by atoms with Crippen molar-refractivity contribution in [1.29, 1.82) is 0 Å². The zero-order chi connectivity index (χ0) is 29.0. The Hall–Kier alpha value is -4.63. The summed E-state index contributed by atoms with van der Waals surface area (Å²) in [6, 6.07) is 5.01. The molecule has 4 aromatic rings. The van der Waals surface area contributed by atoms with Gasteiger partial charge >= 0.3 is 11.7 Å². The van der Waals surface area contributed by atoms with Crippen molar-refractivity contribution in [3.05, 3.63) is 84.4 Å². The number of fused-ring (bicyclic) bond motifs is 1. The van der Waals surface area contributed by atoms with Crippen LogP contribution in [0.5, 0.6) is 11.5 Å². The van der Waals surface area contributed by atoms with E-state index in [4.69, 9.17) is 9.47 Å². The van der Waals surface area contributed by atoms with Crippen LogP contribution in [-0.4, -0.2) is 53.4 Å². The number of nitrogens with one attached hydrogen (secondary N) is 2. The van der Waals surface area contributed by atoms with Gasteiger partial charge < -0.3 is 29.6 Å². The molecule has 3 N–H and O–H groups in total. The molecule has 0 spiro atoms. The van der Waals surface area contributed by atoms with Gasteiger partial charge in [0.15, 0.2) is 11.6 Å². The Labute approximate surface area is 226 Å². The molecule has 1 amide bonds. The maximum atomic E-state index is 14.8. The first-order chi connectivity index (χ1) is 19.1. The normalized spacial score (nSPS) is 11.0. The summed E-state index contributed by atoms with van der Waals surface area (Å²) in [7, 11) is 1.35. The van der Waals surface area contributed by atoms with Gasteiger partial charge in [0.05, 0.1) is 28.7 Å². The molecule has 0 bridgehead atoms. The van der Waals surface area contributed by atoms with Crippen molar-refractivity contribution in [3.63, 3.8) is 0 Å². The molecule has 0 fully saturated rings. The van der Waals surface area contributed by atoms with Crippen LogP contribution in [-0.2, 0) is 16.1 Å². The van der Waals surface area contributed by atoms with Gasteiger partial charge in [0.25, 0.3) is 5.56 Å². The number of carboxylic acids is 1. The molecule has 0 aliphatic carbocycles. The third-order valence-corrected chi connectivity index (χ3v) is 6.47. The summed E-state index contributed by atoms with van der Waals surface area (Å²) in [6.45, 7) is -0.810. The minimum Gasteiger partial charge on any atom is -0.491 e. The topological polar surface area (TPSA) is 149 Å². The first-order valence-corrected chi connectivity index (χ1v) is 12.3. The second kappa shape index (κ2) is 12.0. The molecule has 0 atom stereocenters. The molecule has 2 aromatic heterocycles. The third kappa shape index (κ3) is 5.84. The van der Waals surface area contributed by atoms with Crippen LogP contribution < -0.4 is 26.0 Å². The van der Waals surface area contributed by atoms with Crippen LogP contribution in [0.4, 0.5) is 13.2 Å². The summed E-state index contributed by atoms with van der Waals surface area (Å²) in [5, 5.41) is 12.8. The van der Waals surface area contributed by atoms with Gasteiger partial charge in [-0.1, -0.05) is 0 Å². The van der Waals surface area contributed by atoms with Crippen LogP contribution >= 0.6 is 11.3 Å². The van der Waals surface area contributed by atoms with E-state index in [1.165, 1.54) is 18.6 Å². The number of aromatic carboxylic acids is 1. The maximum absolute atomic E-state index is 14.8. The molecule has 0 saturated carbocycles. The van der Waals surface area contributed by atoms with Gasteiger partial charge in [-0.25, -0.2) is 27.3 Å². The molecule has 0 radical (unpaired) electrons. The highest BCUT2D eigenvalue weighted by Gasteiger charge is 2.21. The van der Waals surface area contributed by atoms with Crippen molar-refractivity contribution in [3.8, 4) is 17.2 Å². The number of carbonyl (C=O) groups is 2. The van der Waals surface area contributed by atoms with Gasteiger partial charge in [-0.15, -0.1) is 11.3 Å². The molecule has 11 nitrogen and oxygen atoms in total. The first kappa shape index (κ1) is 28.4. The highest BCUT2D eigenvalue weighted by Crippen LogP contribution is 2.27. The van der Waals surface area contributed by atoms with Crippen LogP contribution in [0.3, 0.4) is 0 Å². The molecule has 2 heterocycles. The fourth-order valence-corrected chi connectivity index (χ4v) is 4.53. The number of benzene rings is 2. The Balaban J connectivity index is 1.60. The number of thiophene rings is 1. The minimum absolute atomic E-state index is 0.0196. The van der Waals surface area contributed by atoms with Crippen LogP contribution in [0.1, 0.15) is 15.2 Å². The van der Waals surface area contributed by atoms with Gasteiger partial charge in [-0.2, -0.15) is 0 Å². The SMILES string of the molecule is COCC(=O)NCCOc1ccc(F)c(F)c1COc1ccc(F)c(-n2c(=O)[nH]c3csc(C(=O)O)c3c2=O)c1. The Kier molecular flexibility index (Phi) is 8.55. The summed E-state index contributed by atoms with van der Waals surface area (Å²) < 4.78 is 59.4. The van der Waals surface area contributed by atoms with Crippen molar-refractivity contribution in [2.24, 2.45) is 0 Å². The lowest BCUT2D eigenvalue weighted by Gasteiger charge is -2.15. The van der Waals surface area contributed by atoms with E-state index >= 15 is 0 Å². The minimum atomic E-state index is -1.40. The third-order valence-electron chi connectivity index (χ3n) is 5.50.